The van der Waals surface area contributed by atoms with E-state index in [1.807, 2.05) is 0 Å². The fourth-order valence-corrected chi connectivity index (χ4v) is 2.34. The molecule has 110 valence electrons. The van der Waals surface area contributed by atoms with Crippen molar-refractivity contribution in [3.63, 3.8) is 0 Å². The number of Topliss-reactive ketones (excluding diaryl/α,β-unsaturated/α-hetero) is 1. The summed E-state index contributed by atoms with van der Waals surface area (Å²) in [4.78, 5) is 16.2. The highest BCUT2D eigenvalue weighted by molar-refractivity contribution is 5.96. The van der Waals surface area contributed by atoms with Crippen LogP contribution in [0.3, 0.4) is 0 Å². The summed E-state index contributed by atoms with van der Waals surface area (Å²) in [6.07, 6.45) is 3.40. The molecule has 1 saturated carbocycles. The summed E-state index contributed by atoms with van der Waals surface area (Å²) < 4.78 is 17.9. The van der Waals surface area contributed by atoms with Gasteiger partial charge in [0.25, 0.3) is 0 Å². The van der Waals surface area contributed by atoms with Crippen LogP contribution < -0.4 is 5.73 Å². The van der Waals surface area contributed by atoms with E-state index in [1.54, 1.807) is 0 Å². The standard InChI is InChI=1S/C15H16FN3O2/c16-11-4-2-10(3-5-11)12(20)6-7-13-18-14(19-21-13)15(17)8-1-9-15/h2-5H,1,6-9,17H2. The Morgan fingerprint density at radius 2 is 2.05 bits per heavy atom. The number of rotatable bonds is 5. The lowest BCUT2D eigenvalue weighted by Crippen LogP contribution is -2.44. The molecular formula is C15H16FN3O2. The molecule has 0 radical (unpaired) electrons. The first kappa shape index (κ1) is 13.9. The Balaban J connectivity index is 1.60. The highest BCUT2D eigenvalue weighted by Gasteiger charge is 2.38. The lowest BCUT2D eigenvalue weighted by molar-refractivity contribution is 0.0979. The number of aryl methyl sites for hydroxylation is 1. The molecule has 0 bridgehead atoms. The molecule has 21 heavy (non-hydrogen) atoms. The molecule has 0 saturated heterocycles. The van der Waals surface area contributed by atoms with Crippen molar-refractivity contribution in [1.29, 1.82) is 0 Å². The average molecular weight is 289 g/mol. The smallest absolute Gasteiger partial charge is 0.227 e. The molecule has 0 unspecified atom stereocenters. The van der Waals surface area contributed by atoms with Gasteiger partial charge in [0, 0.05) is 18.4 Å². The Bertz CT molecular complexity index is 647. The number of halogens is 1. The predicted molar refractivity (Wildman–Crippen MR) is 73.1 cm³/mol. The van der Waals surface area contributed by atoms with Crippen molar-refractivity contribution in [2.24, 2.45) is 5.73 Å². The third-order valence-corrected chi connectivity index (χ3v) is 3.89. The molecule has 1 aromatic heterocycles. The van der Waals surface area contributed by atoms with Crippen LogP contribution in [0.4, 0.5) is 4.39 Å². The van der Waals surface area contributed by atoms with Gasteiger partial charge in [-0.15, -0.1) is 0 Å². The van der Waals surface area contributed by atoms with Gasteiger partial charge in [-0.3, -0.25) is 4.79 Å². The fourth-order valence-electron chi connectivity index (χ4n) is 2.34. The Labute approximate surface area is 121 Å². The Morgan fingerprint density at radius 3 is 2.67 bits per heavy atom. The zero-order valence-corrected chi connectivity index (χ0v) is 11.5. The Morgan fingerprint density at radius 1 is 1.33 bits per heavy atom. The first-order valence-electron chi connectivity index (χ1n) is 6.97. The normalized spacial score (nSPS) is 16.5. The van der Waals surface area contributed by atoms with Gasteiger partial charge >= 0.3 is 0 Å². The molecule has 2 aromatic rings. The second-order valence-electron chi connectivity index (χ2n) is 5.45. The first-order chi connectivity index (χ1) is 10.1. The van der Waals surface area contributed by atoms with E-state index in [0.29, 0.717) is 23.7 Å². The minimum atomic E-state index is -0.456. The number of hydrogen-bond acceptors (Lipinski definition) is 5. The fraction of sp³-hybridized carbons (Fsp3) is 0.400. The maximum Gasteiger partial charge on any atom is 0.227 e. The molecule has 0 spiro atoms. The molecule has 0 aliphatic heterocycles. The number of nitrogens with zero attached hydrogens (tertiary/aromatic N) is 2. The van der Waals surface area contributed by atoms with Gasteiger partial charge in [-0.25, -0.2) is 4.39 Å². The zero-order chi connectivity index (χ0) is 14.9. The van der Waals surface area contributed by atoms with Gasteiger partial charge in [-0.05, 0) is 43.5 Å². The van der Waals surface area contributed by atoms with Crippen LogP contribution in [0, 0.1) is 5.82 Å². The number of ketones is 1. The summed E-state index contributed by atoms with van der Waals surface area (Å²) in [6.45, 7) is 0. The van der Waals surface area contributed by atoms with Crippen molar-refractivity contribution in [3.8, 4) is 0 Å². The lowest BCUT2D eigenvalue weighted by atomic mass is 9.77. The van der Waals surface area contributed by atoms with Crippen molar-refractivity contribution in [1.82, 2.24) is 10.1 Å². The van der Waals surface area contributed by atoms with Crippen molar-refractivity contribution >= 4 is 5.78 Å². The van der Waals surface area contributed by atoms with E-state index in [-0.39, 0.29) is 18.0 Å². The van der Waals surface area contributed by atoms with E-state index < -0.39 is 5.54 Å². The van der Waals surface area contributed by atoms with E-state index in [0.717, 1.165) is 19.3 Å². The van der Waals surface area contributed by atoms with E-state index in [4.69, 9.17) is 10.3 Å². The van der Waals surface area contributed by atoms with Crippen molar-refractivity contribution in [2.45, 2.75) is 37.6 Å². The number of hydrogen-bond donors (Lipinski definition) is 1. The van der Waals surface area contributed by atoms with Gasteiger partial charge < -0.3 is 10.3 Å². The number of benzene rings is 1. The summed E-state index contributed by atoms with van der Waals surface area (Å²) in [7, 11) is 0. The van der Waals surface area contributed by atoms with Gasteiger partial charge in [0.15, 0.2) is 11.6 Å². The third kappa shape index (κ3) is 2.85. The molecule has 1 heterocycles. The summed E-state index contributed by atoms with van der Waals surface area (Å²) in [6, 6.07) is 5.49. The second kappa shape index (κ2) is 5.37. The molecule has 1 aromatic carbocycles. The van der Waals surface area contributed by atoms with Crippen LogP contribution in [-0.4, -0.2) is 15.9 Å². The highest BCUT2D eigenvalue weighted by Crippen LogP contribution is 2.36. The quantitative estimate of drug-likeness (QED) is 0.854. The zero-order valence-electron chi connectivity index (χ0n) is 11.5. The van der Waals surface area contributed by atoms with Gasteiger partial charge in [0.2, 0.25) is 5.89 Å². The van der Waals surface area contributed by atoms with Crippen molar-refractivity contribution in [3.05, 3.63) is 47.4 Å². The van der Waals surface area contributed by atoms with E-state index >= 15 is 0 Å². The van der Waals surface area contributed by atoms with Crippen LogP contribution in [0.5, 0.6) is 0 Å². The number of nitrogens with two attached hydrogens (primary N) is 1. The monoisotopic (exact) mass is 289 g/mol. The predicted octanol–water partition coefficient (Wildman–Crippen LogP) is 2.36. The van der Waals surface area contributed by atoms with Crippen LogP contribution in [0.15, 0.2) is 28.8 Å². The number of carbonyl (C=O) groups is 1. The van der Waals surface area contributed by atoms with Crippen molar-refractivity contribution in [2.75, 3.05) is 0 Å². The van der Waals surface area contributed by atoms with Crippen LogP contribution >= 0.6 is 0 Å². The molecule has 3 rings (SSSR count). The van der Waals surface area contributed by atoms with E-state index in [9.17, 15) is 9.18 Å². The molecule has 6 heteroatoms. The molecule has 1 aliphatic rings. The number of aromatic nitrogens is 2. The van der Waals surface area contributed by atoms with Gasteiger partial charge in [-0.2, -0.15) is 4.98 Å². The molecular weight excluding hydrogens is 273 g/mol. The Kier molecular flexibility index (Phi) is 3.55. The lowest BCUT2D eigenvalue weighted by Gasteiger charge is -2.34. The van der Waals surface area contributed by atoms with Gasteiger partial charge in [-0.1, -0.05) is 5.16 Å². The van der Waals surface area contributed by atoms with E-state index in [1.165, 1.54) is 24.3 Å². The second-order valence-corrected chi connectivity index (χ2v) is 5.45. The molecule has 0 amide bonds. The summed E-state index contributed by atoms with van der Waals surface area (Å²) in [5, 5.41) is 3.90. The third-order valence-electron chi connectivity index (χ3n) is 3.89. The van der Waals surface area contributed by atoms with Crippen LogP contribution in [0.1, 0.15) is 47.8 Å². The number of carbonyl (C=O) groups excluding carboxylic acids is 1. The molecule has 5 nitrogen and oxygen atoms in total. The summed E-state index contributed by atoms with van der Waals surface area (Å²) >= 11 is 0. The van der Waals surface area contributed by atoms with Gasteiger partial charge in [0.05, 0.1) is 5.54 Å². The van der Waals surface area contributed by atoms with Crippen LogP contribution in [0.2, 0.25) is 0 Å². The summed E-state index contributed by atoms with van der Waals surface area (Å²) in [5.74, 6) is 0.498. The molecule has 0 atom stereocenters. The van der Waals surface area contributed by atoms with E-state index in [2.05, 4.69) is 10.1 Å². The Hall–Kier alpha value is -2.08. The van der Waals surface area contributed by atoms with Gasteiger partial charge in [0.1, 0.15) is 5.82 Å². The average Bonchev–Trinajstić information content (AvgIpc) is 2.92. The summed E-state index contributed by atoms with van der Waals surface area (Å²) in [5.41, 5.74) is 6.13. The maximum absolute atomic E-state index is 12.8. The largest absolute Gasteiger partial charge is 0.339 e. The highest BCUT2D eigenvalue weighted by atomic mass is 19.1. The molecule has 1 fully saturated rings. The first-order valence-corrected chi connectivity index (χ1v) is 6.97. The minimum absolute atomic E-state index is 0.0825. The van der Waals surface area contributed by atoms with Crippen LogP contribution in [0.25, 0.3) is 0 Å². The maximum atomic E-state index is 12.8. The SMILES string of the molecule is NC1(c2noc(CCC(=O)c3ccc(F)cc3)n2)CCC1. The molecule has 1 aliphatic carbocycles. The van der Waals surface area contributed by atoms with Crippen LogP contribution in [-0.2, 0) is 12.0 Å². The van der Waals surface area contributed by atoms with Crippen molar-refractivity contribution < 1.29 is 13.7 Å². The topological polar surface area (TPSA) is 82.0 Å². The molecule has 2 N–H and O–H groups in total. The minimum Gasteiger partial charge on any atom is -0.339 e.